The van der Waals surface area contributed by atoms with Crippen LogP contribution in [0.1, 0.15) is 46.5 Å². The van der Waals surface area contributed by atoms with Crippen LogP contribution in [-0.2, 0) is 31.9 Å². The van der Waals surface area contributed by atoms with Crippen LogP contribution in [0.4, 0.5) is 0 Å². The van der Waals surface area contributed by atoms with Crippen LogP contribution in [0.5, 0.6) is 0 Å². The van der Waals surface area contributed by atoms with Gasteiger partial charge in [0.15, 0.2) is 0 Å². The molecular formula is C10H19BrHgO2. The van der Waals surface area contributed by atoms with Gasteiger partial charge in [-0.25, -0.2) is 0 Å². The Hall–Kier alpha value is 1.34. The van der Waals surface area contributed by atoms with Gasteiger partial charge in [-0.2, -0.15) is 0 Å². The van der Waals surface area contributed by atoms with Crippen LogP contribution < -0.4 is 0 Å². The number of rotatable bonds is 4. The molecule has 1 fully saturated rings. The van der Waals surface area contributed by atoms with Gasteiger partial charge < -0.3 is 0 Å². The van der Waals surface area contributed by atoms with Gasteiger partial charge in [-0.05, 0) is 0 Å². The predicted octanol–water partition coefficient (Wildman–Crippen LogP) is 3.86. The van der Waals surface area contributed by atoms with Crippen LogP contribution in [0, 0.1) is 0 Å². The Morgan fingerprint density at radius 1 is 1.29 bits per heavy atom. The van der Waals surface area contributed by atoms with Crippen molar-refractivity contribution in [1.29, 1.82) is 0 Å². The summed E-state index contributed by atoms with van der Waals surface area (Å²) in [5, 5.41) is 0. The van der Waals surface area contributed by atoms with Crippen LogP contribution in [0.25, 0.3) is 0 Å². The maximum absolute atomic E-state index is 5.72. The summed E-state index contributed by atoms with van der Waals surface area (Å²) in [5.74, 6) is 0. The van der Waals surface area contributed by atoms with Crippen molar-refractivity contribution < 1.29 is 31.9 Å². The molecule has 2 nitrogen and oxygen atoms in total. The van der Waals surface area contributed by atoms with E-state index in [1.165, 1.54) is 29.6 Å². The Bertz CT molecular complexity index is 173. The van der Waals surface area contributed by atoms with Gasteiger partial charge in [0.1, 0.15) is 0 Å². The van der Waals surface area contributed by atoms with Crippen molar-refractivity contribution in [3.63, 3.8) is 0 Å². The molecule has 1 saturated carbocycles. The molecule has 80 valence electrons. The van der Waals surface area contributed by atoms with Gasteiger partial charge in [0.25, 0.3) is 0 Å². The van der Waals surface area contributed by atoms with Gasteiger partial charge in [0.2, 0.25) is 0 Å². The molecule has 0 unspecified atom stereocenters. The van der Waals surface area contributed by atoms with E-state index in [0.717, 1.165) is 0 Å². The Kier molecular flexibility index (Phi) is 5.36. The summed E-state index contributed by atoms with van der Waals surface area (Å²) in [4.78, 5) is 11.2. The molecule has 14 heavy (non-hydrogen) atoms. The topological polar surface area (TPSA) is 18.5 Å². The van der Waals surface area contributed by atoms with E-state index >= 15 is 0 Å². The van der Waals surface area contributed by atoms with Crippen molar-refractivity contribution in [3.8, 4) is 0 Å². The van der Waals surface area contributed by atoms with Crippen molar-refractivity contribution in [1.82, 2.24) is 0 Å². The quantitative estimate of drug-likeness (QED) is 0.367. The van der Waals surface area contributed by atoms with E-state index in [0.29, 0.717) is 0 Å². The molecule has 0 bridgehead atoms. The molecule has 0 atom stereocenters. The zero-order valence-corrected chi connectivity index (χ0v) is 16.5. The molecule has 0 heterocycles. The van der Waals surface area contributed by atoms with E-state index in [1.54, 1.807) is 0 Å². The second-order valence-corrected chi connectivity index (χ2v) is 15.5. The first kappa shape index (κ1) is 13.4. The van der Waals surface area contributed by atoms with E-state index < -0.39 is 22.1 Å². The van der Waals surface area contributed by atoms with Crippen LogP contribution in [0.3, 0.4) is 0 Å². The summed E-state index contributed by atoms with van der Waals surface area (Å²) in [7, 11) is 0. The molecular weight excluding hydrogens is 433 g/mol. The third kappa shape index (κ3) is 4.46. The third-order valence-corrected chi connectivity index (χ3v) is 10.3. The van der Waals surface area contributed by atoms with Crippen LogP contribution >= 0.6 is 11.9 Å². The molecule has 1 rings (SSSR count). The number of hydrogen-bond acceptors (Lipinski definition) is 2. The fourth-order valence-electron chi connectivity index (χ4n) is 1.78. The summed E-state index contributed by atoms with van der Waals surface area (Å²) in [5.41, 5.74) is -0.100. The fourth-order valence-corrected chi connectivity index (χ4v) is 11.7. The molecule has 0 amide bonds. The third-order valence-electron chi connectivity index (χ3n) is 2.53. The summed E-state index contributed by atoms with van der Waals surface area (Å²) in [6.07, 6.45) is 4.98. The van der Waals surface area contributed by atoms with E-state index in [1.807, 2.05) is 20.8 Å². The molecule has 0 aromatic carbocycles. The first-order chi connectivity index (χ1) is 6.47. The Morgan fingerprint density at radius 3 is 2.29 bits per heavy atom. The van der Waals surface area contributed by atoms with E-state index in [9.17, 15) is 0 Å². The molecule has 1 aliphatic rings. The standard InChI is InChI=1S/C10H19O2.BrH.Hg/c1-9(2,3)11-12-10(4)7-5-6-8-10;;/h4-8H2,1-3H3;1H;/q;;+1/p-1. The normalized spacial score (nSPS) is 20.9. The van der Waals surface area contributed by atoms with Gasteiger partial charge in [-0.3, -0.25) is 0 Å². The van der Waals surface area contributed by atoms with Crippen molar-refractivity contribution in [3.05, 3.63) is 0 Å². The molecule has 0 saturated heterocycles. The van der Waals surface area contributed by atoms with Gasteiger partial charge in [0.05, 0.1) is 0 Å². The minimum absolute atomic E-state index is 0.0817. The fraction of sp³-hybridized carbons (Fsp3) is 1.00. The number of hydrogen-bond donors (Lipinski definition) is 0. The molecule has 1 aliphatic carbocycles. The SMILES string of the molecule is CC(C)(C)OOC1([CH2][Hg][Br])CCCC1. The van der Waals surface area contributed by atoms with Gasteiger partial charge in [0, 0.05) is 0 Å². The van der Waals surface area contributed by atoms with Crippen LogP contribution in [0.2, 0.25) is 3.93 Å². The average molecular weight is 452 g/mol. The molecule has 0 aromatic heterocycles. The Labute approximate surface area is 105 Å². The van der Waals surface area contributed by atoms with Crippen LogP contribution in [-0.4, -0.2) is 11.2 Å². The molecule has 0 N–H and O–H groups in total. The van der Waals surface area contributed by atoms with Crippen molar-refractivity contribution in [2.45, 2.75) is 61.6 Å². The summed E-state index contributed by atoms with van der Waals surface area (Å²) >= 11 is 2.90. The molecule has 0 radical (unpaired) electrons. The van der Waals surface area contributed by atoms with Crippen molar-refractivity contribution in [2.75, 3.05) is 0 Å². The summed E-state index contributed by atoms with van der Waals surface area (Å²) in [6, 6.07) is 0. The first-order valence-corrected chi connectivity index (χ1v) is 21.2. The Balaban J connectivity index is 2.43. The second-order valence-electron chi connectivity index (χ2n) is 5.11. The predicted molar refractivity (Wildman–Crippen MR) is 56.9 cm³/mol. The molecule has 4 heteroatoms. The zero-order chi connectivity index (χ0) is 10.7. The monoisotopic (exact) mass is 452 g/mol. The van der Waals surface area contributed by atoms with Crippen molar-refractivity contribution >= 4 is 11.9 Å². The van der Waals surface area contributed by atoms with Crippen LogP contribution in [0.15, 0.2) is 0 Å². The van der Waals surface area contributed by atoms with Gasteiger partial charge >= 0.3 is 105 Å². The Morgan fingerprint density at radius 2 is 1.86 bits per heavy atom. The van der Waals surface area contributed by atoms with Gasteiger partial charge in [-0.1, -0.05) is 0 Å². The molecule has 0 spiro atoms. The second kappa shape index (κ2) is 5.60. The van der Waals surface area contributed by atoms with E-state index in [-0.39, 0.29) is 11.2 Å². The van der Waals surface area contributed by atoms with Gasteiger partial charge in [-0.15, -0.1) is 0 Å². The molecule has 0 aromatic rings. The zero-order valence-electron chi connectivity index (χ0n) is 9.44. The minimum atomic E-state index is -0.798. The number of halogens is 1. The molecule has 0 aliphatic heterocycles. The van der Waals surface area contributed by atoms with E-state index in [4.69, 9.17) is 9.78 Å². The summed E-state index contributed by atoms with van der Waals surface area (Å²) in [6.45, 7) is 6.11. The van der Waals surface area contributed by atoms with Crippen molar-refractivity contribution in [2.24, 2.45) is 0 Å². The van der Waals surface area contributed by atoms with E-state index in [2.05, 4.69) is 11.9 Å². The maximum atomic E-state index is 5.72. The first-order valence-electron chi connectivity index (χ1n) is 5.40. The average Bonchev–Trinajstić information content (AvgIpc) is 2.50. The summed E-state index contributed by atoms with van der Waals surface area (Å²) < 4.78 is 1.27.